The van der Waals surface area contributed by atoms with Crippen molar-refractivity contribution < 1.29 is 4.74 Å². The molecule has 0 aliphatic carbocycles. The summed E-state index contributed by atoms with van der Waals surface area (Å²) in [4.78, 5) is 2.46. The molecule has 1 saturated heterocycles. The van der Waals surface area contributed by atoms with Crippen molar-refractivity contribution in [3.05, 3.63) is 12.7 Å². The van der Waals surface area contributed by atoms with E-state index < -0.39 is 0 Å². The van der Waals surface area contributed by atoms with Crippen LogP contribution in [-0.4, -0.2) is 50.3 Å². The summed E-state index contributed by atoms with van der Waals surface area (Å²) in [5.74, 6) is 0. The number of hydrogen-bond donors (Lipinski definition) is 1. The summed E-state index contributed by atoms with van der Waals surface area (Å²) in [7, 11) is 1.77. The molecule has 1 rings (SSSR count). The van der Waals surface area contributed by atoms with Gasteiger partial charge in [0.05, 0.1) is 6.61 Å². The first-order valence-electron chi connectivity index (χ1n) is 6.38. The van der Waals surface area contributed by atoms with Crippen molar-refractivity contribution in [2.45, 2.75) is 38.3 Å². The van der Waals surface area contributed by atoms with Gasteiger partial charge < -0.3 is 10.1 Å². The highest BCUT2D eigenvalue weighted by Crippen LogP contribution is 2.11. The van der Waals surface area contributed by atoms with E-state index in [1.54, 1.807) is 7.11 Å². The first-order valence-corrected chi connectivity index (χ1v) is 6.38. The standard InChI is InChI=1S/C13H26N2O/c1-4-8-15-9-6-13(7-10-15)14-12(5-2)11-16-3/h4,12-14H,1,5-11H2,2-3H3. The third kappa shape index (κ3) is 4.64. The third-order valence-corrected chi connectivity index (χ3v) is 3.31. The molecular formula is C13H26N2O. The number of methoxy groups -OCH3 is 1. The van der Waals surface area contributed by atoms with Gasteiger partial charge in [-0.05, 0) is 32.4 Å². The maximum Gasteiger partial charge on any atom is 0.0615 e. The Bertz CT molecular complexity index is 188. The van der Waals surface area contributed by atoms with Crippen LogP contribution in [0.25, 0.3) is 0 Å². The van der Waals surface area contributed by atoms with Gasteiger partial charge in [-0.1, -0.05) is 13.0 Å². The van der Waals surface area contributed by atoms with Crippen molar-refractivity contribution in [3.8, 4) is 0 Å². The normalized spacial score (nSPS) is 20.9. The average Bonchev–Trinajstić information content (AvgIpc) is 2.31. The van der Waals surface area contributed by atoms with E-state index in [9.17, 15) is 0 Å². The van der Waals surface area contributed by atoms with Crippen molar-refractivity contribution >= 4 is 0 Å². The quantitative estimate of drug-likeness (QED) is 0.668. The van der Waals surface area contributed by atoms with E-state index in [1.807, 2.05) is 6.08 Å². The van der Waals surface area contributed by atoms with Crippen molar-refractivity contribution in [2.75, 3.05) is 33.4 Å². The van der Waals surface area contributed by atoms with Gasteiger partial charge >= 0.3 is 0 Å². The Hall–Kier alpha value is -0.380. The minimum Gasteiger partial charge on any atom is -0.383 e. The maximum atomic E-state index is 5.21. The second kappa shape index (κ2) is 7.82. The first-order chi connectivity index (χ1) is 7.80. The molecule has 1 unspecified atom stereocenters. The van der Waals surface area contributed by atoms with Gasteiger partial charge in [0, 0.05) is 25.7 Å². The van der Waals surface area contributed by atoms with Gasteiger partial charge in [0.1, 0.15) is 0 Å². The van der Waals surface area contributed by atoms with Gasteiger partial charge in [-0.2, -0.15) is 0 Å². The van der Waals surface area contributed by atoms with Crippen LogP contribution in [-0.2, 0) is 4.74 Å². The van der Waals surface area contributed by atoms with Crippen molar-refractivity contribution in [2.24, 2.45) is 0 Å². The fourth-order valence-corrected chi connectivity index (χ4v) is 2.28. The largest absolute Gasteiger partial charge is 0.383 e. The lowest BCUT2D eigenvalue weighted by atomic mass is 10.0. The summed E-state index contributed by atoms with van der Waals surface area (Å²) in [5.41, 5.74) is 0. The Morgan fingerprint density at radius 2 is 2.19 bits per heavy atom. The molecule has 16 heavy (non-hydrogen) atoms. The Morgan fingerprint density at radius 1 is 1.50 bits per heavy atom. The molecule has 0 spiro atoms. The van der Waals surface area contributed by atoms with Crippen molar-refractivity contribution in [3.63, 3.8) is 0 Å². The van der Waals surface area contributed by atoms with Gasteiger partial charge in [-0.25, -0.2) is 0 Å². The Labute approximate surface area is 99.8 Å². The van der Waals surface area contributed by atoms with Gasteiger partial charge in [-0.3, -0.25) is 4.90 Å². The predicted molar refractivity (Wildman–Crippen MR) is 68.7 cm³/mol. The summed E-state index contributed by atoms with van der Waals surface area (Å²) < 4.78 is 5.21. The minimum absolute atomic E-state index is 0.515. The highest BCUT2D eigenvalue weighted by atomic mass is 16.5. The lowest BCUT2D eigenvalue weighted by Crippen LogP contribution is -2.47. The van der Waals surface area contributed by atoms with Gasteiger partial charge in [0.25, 0.3) is 0 Å². The zero-order valence-corrected chi connectivity index (χ0v) is 10.7. The number of nitrogens with one attached hydrogen (secondary N) is 1. The number of likely N-dealkylation sites (tertiary alicyclic amines) is 1. The molecule has 3 nitrogen and oxygen atoms in total. The van der Waals surface area contributed by atoms with E-state index in [-0.39, 0.29) is 0 Å². The van der Waals surface area contributed by atoms with E-state index in [0.717, 1.165) is 19.6 Å². The van der Waals surface area contributed by atoms with Crippen LogP contribution in [0.4, 0.5) is 0 Å². The van der Waals surface area contributed by atoms with E-state index in [1.165, 1.54) is 25.9 Å². The molecule has 1 heterocycles. The monoisotopic (exact) mass is 226 g/mol. The van der Waals surface area contributed by atoms with E-state index in [4.69, 9.17) is 4.74 Å². The van der Waals surface area contributed by atoms with Crippen molar-refractivity contribution in [1.29, 1.82) is 0 Å². The summed E-state index contributed by atoms with van der Waals surface area (Å²) in [6.45, 7) is 10.2. The zero-order chi connectivity index (χ0) is 11.8. The molecule has 0 aromatic carbocycles. The number of ether oxygens (including phenoxy) is 1. The number of hydrogen-bond acceptors (Lipinski definition) is 3. The van der Waals surface area contributed by atoms with E-state index in [2.05, 4.69) is 23.7 Å². The number of piperidine rings is 1. The summed E-state index contributed by atoms with van der Waals surface area (Å²) in [5, 5.41) is 3.69. The fraction of sp³-hybridized carbons (Fsp3) is 0.846. The predicted octanol–water partition coefficient (Wildman–Crippen LogP) is 1.65. The molecule has 1 N–H and O–H groups in total. The maximum absolute atomic E-state index is 5.21. The lowest BCUT2D eigenvalue weighted by molar-refractivity contribution is 0.143. The summed E-state index contributed by atoms with van der Waals surface area (Å²) >= 11 is 0. The topological polar surface area (TPSA) is 24.5 Å². The van der Waals surface area contributed by atoms with Crippen LogP contribution < -0.4 is 5.32 Å². The molecule has 0 radical (unpaired) electrons. The minimum atomic E-state index is 0.515. The summed E-state index contributed by atoms with van der Waals surface area (Å²) in [6.07, 6.45) is 5.62. The van der Waals surface area contributed by atoms with Gasteiger partial charge in [0.15, 0.2) is 0 Å². The molecule has 94 valence electrons. The first kappa shape index (κ1) is 13.7. The van der Waals surface area contributed by atoms with E-state index in [0.29, 0.717) is 12.1 Å². The van der Waals surface area contributed by atoms with E-state index >= 15 is 0 Å². The Balaban J connectivity index is 2.22. The SMILES string of the molecule is C=CCN1CCC(NC(CC)COC)CC1. The Morgan fingerprint density at radius 3 is 2.69 bits per heavy atom. The average molecular weight is 226 g/mol. The van der Waals surface area contributed by atoms with Crippen LogP contribution in [0.2, 0.25) is 0 Å². The smallest absolute Gasteiger partial charge is 0.0615 e. The third-order valence-electron chi connectivity index (χ3n) is 3.31. The van der Waals surface area contributed by atoms with Crippen LogP contribution in [0.3, 0.4) is 0 Å². The Kier molecular flexibility index (Phi) is 6.69. The van der Waals surface area contributed by atoms with Crippen LogP contribution in [0, 0.1) is 0 Å². The molecular weight excluding hydrogens is 200 g/mol. The lowest BCUT2D eigenvalue weighted by Gasteiger charge is -2.33. The second-order valence-electron chi connectivity index (χ2n) is 4.59. The van der Waals surface area contributed by atoms with Crippen molar-refractivity contribution in [1.82, 2.24) is 10.2 Å². The molecule has 1 atom stereocenters. The zero-order valence-electron chi connectivity index (χ0n) is 10.7. The van der Waals surface area contributed by atoms with Crippen LogP contribution in [0.1, 0.15) is 26.2 Å². The molecule has 1 fully saturated rings. The van der Waals surface area contributed by atoms with Gasteiger partial charge in [0.2, 0.25) is 0 Å². The molecule has 1 aliphatic heterocycles. The molecule has 3 heteroatoms. The molecule has 0 aromatic rings. The molecule has 0 aromatic heterocycles. The second-order valence-corrected chi connectivity index (χ2v) is 4.59. The number of rotatable bonds is 7. The number of nitrogens with zero attached hydrogens (tertiary/aromatic N) is 1. The molecule has 0 bridgehead atoms. The van der Waals surface area contributed by atoms with Crippen LogP contribution in [0.5, 0.6) is 0 Å². The highest BCUT2D eigenvalue weighted by Gasteiger charge is 2.20. The molecule has 0 amide bonds. The molecule has 0 saturated carbocycles. The fourth-order valence-electron chi connectivity index (χ4n) is 2.28. The van der Waals surface area contributed by atoms with Gasteiger partial charge in [-0.15, -0.1) is 6.58 Å². The highest BCUT2D eigenvalue weighted by molar-refractivity contribution is 4.83. The summed E-state index contributed by atoms with van der Waals surface area (Å²) in [6, 6.07) is 1.18. The molecule has 1 aliphatic rings. The van der Waals surface area contributed by atoms with Crippen LogP contribution in [0.15, 0.2) is 12.7 Å². The van der Waals surface area contributed by atoms with Crippen LogP contribution >= 0.6 is 0 Å².